The lowest BCUT2D eigenvalue weighted by molar-refractivity contribution is -0.126. The summed E-state index contributed by atoms with van der Waals surface area (Å²) in [6, 6.07) is 14.1. The van der Waals surface area contributed by atoms with Gasteiger partial charge in [-0.1, -0.05) is 36.4 Å². The summed E-state index contributed by atoms with van der Waals surface area (Å²) in [5.41, 5.74) is -0.291. The number of fused-ring (bicyclic) bond motifs is 5. The first-order chi connectivity index (χ1) is 16.4. The quantitative estimate of drug-likeness (QED) is 0.397. The first kappa shape index (κ1) is 22.1. The molecule has 1 atom stereocenters. The fraction of sp³-hybridized carbons (Fsp3) is 0.296. The van der Waals surface area contributed by atoms with Crippen molar-refractivity contribution in [1.82, 2.24) is 4.90 Å². The molecular weight excluding hydrogens is 432 g/mol. The predicted octanol–water partition coefficient (Wildman–Crippen LogP) is 3.84. The summed E-state index contributed by atoms with van der Waals surface area (Å²) in [5, 5.41) is 0.339. The molecule has 34 heavy (non-hydrogen) atoms. The lowest BCUT2D eigenvalue weighted by atomic mass is 9.84. The Kier molecular flexibility index (Phi) is 5.37. The molecule has 0 fully saturated rings. The first-order valence-corrected chi connectivity index (χ1v) is 11.4. The zero-order chi connectivity index (χ0) is 24.0. The number of anilines is 1. The molecule has 3 heterocycles. The summed E-state index contributed by atoms with van der Waals surface area (Å²) in [7, 11) is 0. The Morgan fingerprint density at radius 1 is 1.09 bits per heavy atom. The van der Waals surface area contributed by atoms with Crippen LogP contribution in [-0.4, -0.2) is 42.5 Å². The van der Waals surface area contributed by atoms with E-state index in [0.717, 1.165) is 0 Å². The van der Waals surface area contributed by atoms with E-state index in [-0.39, 0.29) is 41.9 Å². The normalized spacial score (nSPS) is 18.9. The van der Waals surface area contributed by atoms with Crippen LogP contribution in [0, 0.1) is 0 Å². The monoisotopic (exact) mass is 458 g/mol. The Balaban J connectivity index is 1.77. The SMILES string of the molecule is C=CCN1C(=O)C2(c3ccccc31)c1c(oc3ccccc3c1=O)C(=O)N2CCCOC(C)C. The highest BCUT2D eigenvalue weighted by atomic mass is 16.5. The van der Waals surface area contributed by atoms with Crippen molar-refractivity contribution in [2.75, 3.05) is 24.6 Å². The van der Waals surface area contributed by atoms with Crippen molar-refractivity contribution in [1.29, 1.82) is 0 Å². The number of carbonyl (C=O) groups excluding carboxylic acids is 2. The van der Waals surface area contributed by atoms with Crippen LogP contribution in [0.2, 0.25) is 0 Å². The number of hydrogen-bond donors (Lipinski definition) is 0. The van der Waals surface area contributed by atoms with Gasteiger partial charge in [-0.05, 0) is 38.5 Å². The highest BCUT2D eigenvalue weighted by molar-refractivity contribution is 6.17. The first-order valence-electron chi connectivity index (χ1n) is 11.4. The van der Waals surface area contributed by atoms with E-state index in [9.17, 15) is 14.4 Å². The number of amides is 2. The van der Waals surface area contributed by atoms with E-state index >= 15 is 0 Å². The fourth-order valence-electron chi connectivity index (χ4n) is 5.09. The molecule has 3 aromatic rings. The molecule has 1 unspecified atom stereocenters. The molecule has 0 aliphatic carbocycles. The van der Waals surface area contributed by atoms with Crippen molar-refractivity contribution in [3.05, 3.63) is 88.3 Å². The molecule has 5 rings (SSSR count). The molecule has 7 heteroatoms. The Morgan fingerprint density at radius 3 is 2.59 bits per heavy atom. The second-order valence-corrected chi connectivity index (χ2v) is 8.79. The largest absolute Gasteiger partial charge is 0.450 e. The lowest BCUT2D eigenvalue weighted by Gasteiger charge is -2.34. The van der Waals surface area contributed by atoms with E-state index in [1.54, 1.807) is 35.2 Å². The van der Waals surface area contributed by atoms with Crippen LogP contribution in [0.4, 0.5) is 5.69 Å². The third kappa shape index (κ3) is 2.97. The van der Waals surface area contributed by atoms with Gasteiger partial charge in [-0.15, -0.1) is 6.58 Å². The third-order valence-electron chi connectivity index (χ3n) is 6.43. The maximum absolute atomic E-state index is 14.2. The van der Waals surface area contributed by atoms with E-state index in [0.29, 0.717) is 35.2 Å². The summed E-state index contributed by atoms with van der Waals surface area (Å²) < 4.78 is 11.7. The number of carbonyl (C=O) groups is 2. The smallest absolute Gasteiger partial charge is 0.291 e. The molecule has 0 saturated heterocycles. The molecule has 2 aromatic carbocycles. The van der Waals surface area contributed by atoms with E-state index in [4.69, 9.17) is 9.15 Å². The number of ether oxygens (including phenoxy) is 1. The second kappa shape index (κ2) is 8.25. The zero-order valence-corrected chi connectivity index (χ0v) is 19.2. The minimum absolute atomic E-state index is 0.0471. The van der Waals surface area contributed by atoms with E-state index in [1.165, 1.54) is 4.90 Å². The number of para-hydroxylation sites is 2. The van der Waals surface area contributed by atoms with E-state index in [1.807, 2.05) is 38.1 Å². The standard InChI is InChI=1S/C27H26N2O5/c1-4-14-28-20-12-7-6-11-19(20)27(26(28)32)22-23(30)18-10-5-8-13-21(18)34-24(22)25(31)29(27)15-9-16-33-17(2)3/h4-8,10-13,17H,1,9,14-16H2,2-3H3. The molecule has 2 amide bonds. The minimum Gasteiger partial charge on any atom is -0.450 e. The van der Waals surface area contributed by atoms with Gasteiger partial charge in [0.1, 0.15) is 5.58 Å². The van der Waals surface area contributed by atoms with Gasteiger partial charge in [-0.3, -0.25) is 14.4 Å². The molecule has 0 bridgehead atoms. The van der Waals surface area contributed by atoms with Crippen LogP contribution in [-0.2, 0) is 15.1 Å². The van der Waals surface area contributed by atoms with Crippen LogP contribution in [0.1, 0.15) is 41.9 Å². The zero-order valence-electron chi connectivity index (χ0n) is 19.2. The van der Waals surface area contributed by atoms with Crippen molar-refractivity contribution in [3.8, 4) is 0 Å². The van der Waals surface area contributed by atoms with Crippen molar-refractivity contribution in [2.24, 2.45) is 0 Å². The molecule has 2 aliphatic heterocycles. The van der Waals surface area contributed by atoms with Crippen molar-refractivity contribution in [2.45, 2.75) is 31.9 Å². The van der Waals surface area contributed by atoms with Gasteiger partial charge in [0.05, 0.1) is 22.7 Å². The third-order valence-corrected chi connectivity index (χ3v) is 6.43. The summed E-state index contributed by atoms with van der Waals surface area (Å²) in [6.45, 7) is 8.58. The maximum Gasteiger partial charge on any atom is 0.291 e. The van der Waals surface area contributed by atoms with Gasteiger partial charge in [-0.2, -0.15) is 0 Å². The van der Waals surface area contributed by atoms with Crippen LogP contribution in [0.3, 0.4) is 0 Å². The number of benzene rings is 2. The van der Waals surface area contributed by atoms with Crippen LogP contribution in [0.5, 0.6) is 0 Å². The molecule has 0 N–H and O–H groups in total. The van der Waals surface area contributed by atoms with Crippen LogP contribution < -0.4 is 10.3 Å². The highest BCUT2D eigenvalue weighted by Crippen LogP contribution is 2.52. The molecule has 2 aliphatic rings. The molecule has 1 spiro atoms. The van der Waals surface area contributed by atoms with Crippen LogP contribution >= 0.6 is 0 Å². The topological polar surface area (TPSA) is 80.1 Å². The van der Waals surface area contributed by atoms with E-state index < -0.39 is 11.4 Å². The van der Waals surface area contributed by atoms with Crippen LogP contribution in [0.25, 0.3) is 11.0 Å². The minimum atomic E-state index is -1.59. The van der Waals surface area contributed by atoms with Gasteiger partial charge in [0, 0.05) is 25.3 Å². The Morgan fingerprint density at radius 2 is 1.82 bits per heavy atom. The van der Waals surface area contributed by atoms with Crippen molar-refractivity contribution < 1.29 is 18.7 Å². The number of hydrogen-bond acceptors (Lipinski definition) is 5. The summed E-state index contributed by atoms with van der Waals surface area (Å²) >= 11 is 0. The molecule has 7 nitrogen and oxygen atoms in total. The number of rotatable bonds is 7. The van der Waals surface area contributed by atoms with Crippen molar-refractivity contribution >= 4 is 28.5 Å². The van der Waals surface area contributed by atoms with Gasteiger partial charge in [0.2, 0.25) is 5.76 Å². The average Bonchev–Trinajstić information content (AvgIpc) is 3.22. The van der Waals surface area contributed by atoms with E-state index in [2.05, 4.69) is 6.58 Å². The molecule has 174 valence electrons. The van der Waals surface area contributed by atoms with Crippen LogP contribution in [0.15, 0.2) is 70.4 Å². The Bertz CT molecular complexity index is 1370. The Labute approximate surface area is 197 Å². The second-order valence-electron chi connectivity index (χ2n) is 8.79. The van der Waals surface area contributed by atoms with Gasteiger partial charge in [0.15, 0.2) is 11.0 Å². The average molecular weight is 459 g/mol. The van der Waals surface area contributed by atoms with Gasteiger partial charge >= 0.3 is 0 Å². The van der Waals surface area contributed by atoms with Crippen molar-refractivity contribution in [3.63, 3.8) is 0 Å². The fourth-order valence-corrected chi connectivity index (χ4v) is 5.09. The predicted molar refractivity (Wildman–Crippen MR) is 129 cm³/mol. The molecule has 1 aromatic heterocycles. The maximum atomic E-state index is 14.2. The number of nitrogens with zero attached hydrogens (tertiary/aromatic N) is 2. The highest BCUT2D eigenvalue weighted by Gasteiger charge is 2.64. The summed E-state index contributed by atoms with van der Waals surface area (Å²) in [5.74, 6) is -0.892. The molecule has 0 saturated carbocycles. The van der Waals surface area contributed by atoms with Gasteiger partial charge in [-0.25, -0.2) is 0 Å². The Hall–Kier alpha value is -3.71. The summed E-state index contributed by atoms with van der Waals surface area (Å²) in [4.78, 5) is 44.9. The van der Waals surface area contributed by atoms with Gasteiger partial charge < -0.3 is 19.0 Å². The molecular formula is C27H26N2O5. The lowest BCUT2D eigenvalue weighted by Crippen LogP contribution is -2.53. The summed E-state index contributed by atoms with van der Waals surface area (Å²) in [6.07, 6.45) is 2.19. The molecule has 0 radical (unpaired) electrons. The van der Waals surface area contributed by atoms with Gasteiger partial charge in [0.25, 0.3) is 11.8 Å².